The number of rotatable bonds is 8. The van der Waals surface area contributed by atoms with Crippen LogP contribution in [0.2, 0.25) is 0 Å². The highest BCUT2D eigenvalue weighted by Gasteiger charge is 2.13. The van der Waals surface area contributed by atoms with Crippen molar-refractivity contribution in [1.29, 1.82) is 5.26 Å². The monoisotopic (exact) mass is 422 g/mol. The first-order valence-electron chi connectivity index (χ1n) is 9.90. The minimum atomic E-state index is -1.29. The fourth-order valence-electron chi connectivity index (χ4n) is 3.13. The van der Waals surface area contributed by atoms with Gasteiger partial charge in [-0.05, 0) is 61.5 Å². The van der Waals surface area contributed by atoms with Crippen molar-refractivity contribution in [3.05, 3.63) is 115 Å². The van der Waals surface area contributed by atoms with Crippen LogP contribution in [0.25, 0.3) is 17.4 Å². The van der Waals surface area contributed by atoms with E-state index >= 15 is 0 Å². The van der Waals surface area contributed by atoms with Crippen molar-refractivity contribution < 1.29 is 14.3 Å². The number of aliphatic carboxylic acids is 1. The standard InChI is InChI=1S/C27H22N2O3/c1-3-4-6-9-20(2)29(23-10-7-5-8-11-23)24-14-12-21(13-15-24)26-17-16-25(32-26)18-22(19-28)27(30)31/h3-18H,1H2,2H3,(H,30,31)/b6-4-,20-9+,22-18-. The van der Waals surface area contributed by atoms with E-state index < -0.39 is 5.97 Å². The third-order valence-electron chi connectivity index (χ3n) is 4.63. The van der Waals surface area contributed by atoms with Gasteiger partial charge in [0.1, 0.15) is 23.2 Å². The van der Waals surface area contributed by atoms with Crippen LogP contribution in [0, 0.1) is 11.3 Å². The van der Waals surface area contributed by atoms with E-state index in [4.69, 9.17) is 14.8 Å². The molecule has 0 fully saturated rings. The summed E-state index contributed by atoms with van der Waals surface area (Å²) in [5.41, 5.74) is 3.50. The van der Waals surface area contributed by atoms with Crippen LogP contribution in [0.4, 0.5) is 11.4 Å². The quantitative estimate of drug-likeness (QED) is 0.248. The van der Waals surface area contributed by atoms with Gasteiger partial charge in [-0.2, -0.15) is 5.26 Å². The Balaban J connectivity index is 1.92. The molecule has 0 saturated carbocycles. The number of furan rings is 1. The number of carbonyl (C=O) groups is 1. The minimum absolute atomic E-state index is 0.307. The van der Waals surface area contributed by atoms with Crippen molar-refractivity contribution in [2.45, 2.75) is 6.92 Å². The lowest BCUT2D eigenvalue weighted by Crippen LogP contribution is -2.14. The molecule has 158 valence electrons. The first-order valence-corrected chi connectivity index (χ1v) is 9.90. The second-order valence-electron chi connectivity index (χ2n) is 6.82. The van der Waals surface area contributed by atoms with Crippen LogP contribution in [-0.4, -0.2) is 11.1 Å². The number of benzene rings is 2. The number of hydrogen-bond donors (Lipinski definition) is 1. The number of nitriles is 1. The van der Waals surface area contributed by atoms with Crippen LogP contribution in [0.5, 0.6) is 0 Å². The van der Waals surface area contributed by atoms with Gasteiger partial charge in [-0.25, -0.2) is 4.79 Å². The zero-order valence-corrected chi connectivity index (χ0v) is 17.6. The Labute approximate surface area is 187 Å². The summed E-state index contributed by atoms with van der Waals surface area (Å²) in [5, 5.41) is 17.9. The molecule has 0 spiro atoms. The molecule has 0 unspecified atom stereocenters. The average molecular weight is 422 g/mol. The molecule has 1 heterocycles. The summed E-state index contributed by atoms with van der Waals surface area (Å²) in [5.74, 6) is -0.401. The van der Waals surface area contributed by atoms with Crippen molar-refractivity contribution in [2.75, 3.05) is 4.90 Å². The highest BCUT2D eigenvalue weighted by Crippen LogP contribution is 2.32. The van der Waals surface area contributed by atoms with Gasteiger partial charge >= 0.3 is 5.97 Å². The van der Waals surface area contributed by atoms with Gasteiger partial charge in [0.05, 0.1) is 0 Å². The lowest BCUT2D eigenvalue weighted by molar-refractivity contribution is -0.132. The number of allylic oxidation sites excluding steroid dienone is 5. The SMILES string of the molecule is C=C/C=C\C=C(/C)N(c1ccccc1)c1ccc(-c2ccc(/C=C(/C#N)C(=O)O)o2)cc1. The molecule has 1 N–H and O–H groups in total. The molecule has 5 heteroatoms. The Morgan fingerprint density at radius 1 is 1.03 bits per heavy atom. The van der Waals surface area contributed by atoms with E-state index in [-0.39, 0.29) is 5.57 Å². The molecule has 0 amide bonds. The first kappa shape index (κ1) is 22.1. The van der Waals surface area contributed by atoms with Gasteiger partial charge in [0.15, 0.2) is 0 Å². The van der Waals surface area contributed by atoms with Crippen LogP contribution in [0.1, 0.15) is 12.7 Å². The van der Waals surface area contributed by atoms with E-state index in [9.17, 15) is 4.79 Å². The fraction of sp³-hybridized carbons (Fsp3) is 0.0370. The van der Waals surface area contributed by atoms with Gasteiger partial charge in [-0.3, -0.25) is 0 Å². The smallest absolute Gasteiger partial charge is 0.346 e. The molecule has 2 aromatic carbocycles. The van der Waals surface area contributed by atoms with E-state index in [1.807, 2.05) is 79.7 Å². The maximum Gasteiger partial charge on any atom is 0.346 e. The summed E-state index contributed by atoms with van der Waals surface area (Å²) < 4.78 is 5.72. The van der Waals surface area contributed by atoms with Crippen LogP contribution >= 0.6 is 0 Å². The zero-order chi connectivity index (χ0) is 22.9. The summed E-state index contributed by atoms with van der Waals surface area (Å²) >= 11 is 0. The van der Waals surface area contributed by atoms with E-state index in [1.165, 1.54) is 6.08 Å². The van der Waals surface area contributed by atoms with Crippen molar-refractivity contribution in [3.8, 4) is 17.4 Å². The topological polar surface area (TPSA) is 77.5 Å². The third-order valence-corrected chi connectivity index (χ3v) is 4.63. The summed E-state index contributed by atoms with van der Waals surface area (Å²) in [6, 6.07) is 22.9. The number of nitrogens with zero attached hydrogens (tertiary/aromatic N) is 2. The second kappa shape index (κ2) is 10.5. The molecule has 0 saturated heterocycles. The molecule has 32 heavy (non-hydrogen) atoms. The van der Waals surface area contributed by atoms with Crippen molar-refractivity contribution in [3.63, 3.8) is 0 Å². The lowest BCUT2D eigenvalue weighted by atomic mass is 10.1. The Hall–Kier alpha value is -4.56. The van der Waals surface area contributed by atoms with Gasteiger partial charge in [-0.15, -0.1) is 0 Å². The molecule has 5 nitrogen and oxygen atoms in total. The molecular formula is C27H22N2O3. The highest BCUT2D eigenvalue weighted by atomic mass is 16.4. The number of hydrogen-bond acceptors (Lipinski definition) is 4. The van der Waals surface area contributed by atoms with Gasteiger partial charge in [-0.1, -0.05) is 43.0 Å². The van der Waals surface area contributed by atoms with Crippen molar-refractivity contribution >= 4 is 23.4 Å². The van der Waals surface area contributed by atoms with Crippen LogP contribution in [0.15, 0.2) is 113 Å². The predicted molar refractivity (Wildman–Crippen MR) is 127 cm³/mol. The van der Waals surface area contributed by atoms with Gasteiger partial charge < -0.3 is 14.4 Å². The summed E-state index contributed by atoms with van der Waals surface area (Å²) in [6.45, 7) is 5.74. The zero-order valence-electron chi connectivity index (χ0n) is 17.6. The van der Waals surface area contributed by atoms with Gasteiger partial charge in [0.2, 0.25) is 0 Å². The summed E-state index contributed by atoms with van der Waals surface area (Å²) in [6.07, 6.45) is 8.78. The molecule has 0 aliphatic heterocycles. The van der Waals surface area contributed by atoms with E-state index in [0.717, 1.165) is 22.6 Å². The van der Waals surface area contributed by atoms with E-state index in [1.54, 1.807) is 24.3 Å². The second-order valence-corrected chi connectivity index (χ2v) is 6.82. The van der Waals surface area contributed by atoms with Gasteiger partial charge in [0, 0.05) is 28.7 Å². The third kappa shape index (κ3) is 5.32. The lowest BCUT2D eigenvalue weighted by Gasteiger charge is -2.26. The van der Waals surface area contributed by atoms with Crippen molar-refractivity contribution in [1.82, 2.24) is 0 Å². The van der Waals surface area contributed by atoms with Crippen LogP contribution < -0.4 is 4.90 Å². The highest BCUT2D eigenvalue weighted by molar-refractivity contribution is 5.96. The maximum atomic E-state index is 11.0. The molecule has 3 aromatic rings. The molecule has 0 radical (unpaired) electrons. The molecule has 0 aliphatic rings. The molecule has 0 bridgehead atoms. The van der Waals surface area contributed by atoms with Crippen molar-refractivity contribution in [2.24, 2.45) is 0 Å². The minimum Gasteiger partial charge on any atom is -0.477 e. The van der Waals surface area contributed by atoms with Crippen LogP contribution in [-0.2, 0) is 4.79 Å². The summed E-state index contributed by atoms with van der Waals surface area (Å²) in [4.78, 5) is 13.2. The fourth-order valence-corrected chi connectivity index (χ4v) is 3.13. The van der Waals surface area contributed by atoms with E-state index in [0.29, 0.717) is 11.5 Å². The Bertz CT molecular complexity index is 1220. The largest absolute Gasteiger partial charge is 0.477 e. The molecule has 3 rings (SSSR count). The average Bonchev–Trinajstić information content (AvgIpc) is 3.27. The van der Waals surface area contributed by atoms with Crippen LogP contribution in [0.3, 0.4) is 0 Å². The van der Waals surface area contributed by atoms with Gasteiger partial charge in [0.25, 0.3) is 0 Å². The Morgan fingerprint density at radius 3 is 2.34 bits per heavy atom. The first-order chi connectivity index (χ1) is 15.5. The molecular weight excluding hydrogens is 400 g/mol. The number of carboxylic acids is 1. The maximum absolute atomic E-state index is 11.0. The van der Waals surface area contributed by atoms with E-state index in [2.05, 4.69) is 11.5 Å². The Kier molecular flexibility index (Phi) is 7.24. The molecule has 0 atom stereocenters. The molecule has 0 aliphatic carbocycles. The Morgan fingerprint density at radius 2 is 1.72 bits per heavy atom. The number of carboxylic acid groups (broad SMARTS) is 1. The summed E-state index contributed by atoms with van der Waals surface area (Å²) in [7, 11) is 0. The number of para-hydroxylation sites is 1. The normalized spacial score (nSPS) is 11.9. The molecule has 1 aromatic heterocycles. The predicted octanol–water partition coefficient (Wildman–Crippen LogP) is 6.72. The number of anilines is 2.